The average Bonchev–Trinajstić information content (AvgIpc) is 3.30. The topological polar surface area (TPSA) is 12.0 Å². The van der Waals surface area contributed by atoms with Crippen LogP contribution in [0.15, 0.2) is 24.3 Å². The van der Waals surface area contributed by atoms with Gasteiger partial charge in [0.15, 0.2) is 0 Å². The van der Waals surface area contributed by atoms with E-state index < -0.39 is 0 Å². The van der Waals surface area contributed by atoms with Crippen molar-refractivity contribution in [1.29, 1.82) is 0 Å². The molecule has 1 nitrogen and oxygen atoms in total. The molecule has 1 aromatic rings. The molecule has 1 N–H and O–H groups in total. The molecular formula is C18H27N. The van der Waals surface area contributed by atoms with E-state index in [9.17, 15) is 0 Å². The van der Waals surface area contributed by atoms with E-state index >= 15 is 0 Å². The summed E-state index contributed by atoms with van der Waals surface area (Å²) in [5, 5.41) is 3.64. The Bertz CT molecular complexity index is 388. The molecule has 0 spiro atoms. The van der Waals surface area contributed by atoms with Gasteiger partial charge in [0.1, 0.15) is 0 Å². The number of nitrogens with one attached hydrogen (secondary N) is 1. The van der Waals surface area contributed by atoms with Gasteiger partial charge in [0, 0.05) is 6.54 Å². The first-order valence-corrected chi connectivity index (χ1v) is 8.21. The van der Waals surface area contributed by atoms with E-state index in [2.05, 4.69) is 29.6 Å². The zero-order valence-corrected chi connectivity index (χ0v) is 12.0. The summed E-state index contributed by atoms with van der Waals surface area (Å²) >= 11 is 0. The molecule has 0 amide bonds. The lowest BCUT2D eigenvalue weighted by Crippen LogP contribution is -2.19. The standard InChI is InChI=1S/C18H27N/c1-2-5-15(6-3-1)11-12-19-14-16-7-4-8-18(13-16)17-9-10-17/h4,7-8,13,15,17,19H,1-3,5-6,9-12,14H2. The van der Waals surface area contributed by atoms with Crippen molar-refractivity contribution in [2.75, 3.05) is 6.54 Å². The molecule has 0 radical (unpaired) electrons. The highest BCUT2D eigenvalue weighted by Crippen LogP contribution is 2.40. The van der Waals surface area contributed by atoms with Crippen LogP contribution in [0.2, 0.25) is 0 Å². The van der Waals surface area contributed by atoms with Gasteiger partial charge >= 0.3 is 0 Å². The van der Waals surface area contributed by atoms with Gasteiger partial charge in [-0.2, -0.15) is 0 Å². The van der Waals surface area contributed by atoms with Crippen LogP contribution < -0.4 is 5.32 Å². The number of rotatable bonds is 6. The summed E-state index contributed by atoms with van der Waals surface area (Å²) in [6.45, 7) is 2.24. The molecule has 0 aliphatic heterocycles. The largest absolute Gasteiger partial charge is 0.313 e. The summed E-state index contributed by atoms with van der Waals surface area (Å²) in [7, 11) is 0. The van der Waals surface area contributed by atoms with Crippen molar-refractivity contribution >= 4 is 0 Å². The third kappa shape index (κ3) is 4.07. The van der Waals surface area contributed by atoms with Crippen LogP contribution in [0.4, 0.5) is 0 Å². The summed E-state index contributed by atoms with van der Waals surface area (Å²) in [6, 6.07) is 9.19. The van der Waals surface area contributed by atoms with Crippen molar-refractivity contribution in [2.24, 2.45) is 5.92 Å². The smallest absolute Gasteiger partial charge is 0.0205 e. The van der Waals surface area contributed by atoms with Gasteiger partial charge in [-0.05, 0) is 48.8 Å². The predicted molar refractivity (Wildman–Crippen MR) is 81.3 cm³/mol. The molecule has 0 heterocycles. The van der Waals surface area contributed by atoms with Crippen molar-refractivity contribution in [3.05, 3.63) is 35.4 Å². The predicted octanol–water partition coefficient (Wildman–Crippen LogP) is 4.62. The first-order chi connectivity index (χ1) is 9.42. The Hall–Kier alpha value is -0.820. The molecule has 0 atom stereocenters. The van der Waals surface area contributed by atoms with Gasteiger partial charge in [-0.15, -0.1) is 0 Å². The summed E-state index contributed by atoms with van der Waals surface area (Å²) in [5.74, 6) is 1.88. The van der Waals surface area contributed by atoms with Crippen molar-refractivity contribution in [2.45, 2.75) is 63.8 Å². The maximum atomic E-state index is 3.64. The van der Waals surface area contributed by atoms with E-state index in [0.29, 0.717) is 0 Å². The van der Waals surface area contributed by atoms with Crippen LogP contribution in [0.5, 0.6) is 0 Å². The van der Waals surface area contributed by atoms with Crippen molar-refractivity contribution in [3.63, 3.8) is 0 Å². The summed E-state index contributed by atoms with van der Waals surface area (Å²) in [6.07, 6.45) is 11.5. The van der Waals surface area contributed by atoms with Gasteiger partial charge < -0.3 is 5.32 Å². The van der Waals surface area contributed by atoms with Gasteiger partial charge in [0.25, 0.3) is 0 Å². The van der Waals surface area contributed by atoms with Gasteiger partial charge in [-0.25, -0.2) is 0 Å². The molecule has 2 aliphatic carbocycles. The van der Waals surface area contributed by atoms with Crippen molar-refractivity contribution in [1.82, 2.24) is 5.32 Å². The van der Waals surface area contributed by atoms with E-state index in [1.807, 2.05) is 0 Å². The Morgan fingerprint density at radius 3 is 2.63 bits per heavy atom. The Kier molecular flexibility index (Phi) is 4.55. The first kappa shape index (κ1) is 13.2. The molecular weight excluding hydrogens is 230 g/mol. The van der Waals surface area contributed by atoms with E-state index in [4.69, 9.17) is 0 Å². The van der Waals surface area contributed by atoms with Crippen LogP contribution in [0.1, 0.15) is 68.4 Å². The fourth-order valence-corrected chi connectivity index (χ4v) is 3.39. The van der Waals surface area contributed by atoms with Gasteiger partial charge in [0.2, 0.25) is 0 Å². The second kappa shape index (κ2) is 6.56. The van der Waals surface area contributed by atoms with Gasteiger partial charge in [0.05, 0.1) is 0 Å². The highest BCUT2D eigenvalue weighted by Gasteiger charge is 2.23. The number of hydrogen-bond donors (Lipinski definition) is 1. The van der Waals surface area contributed by atoms with Crippen LogP contribution in [0, 0.1) is 5.92 Å². The molecule has 1 aromatic carbocycles. The van der Waals surface area contributed by atoms with E-state index in [1.54, 1.807) is 5.56 Å². The van der Waals surface area contributed by atoms with Crippen molar-refractivity contribution in [3.8, 4) is 0 Å². The van der Waals surface area contributed by atoms with E-state index in [1.165, 1.54) is 63.5 Å². The van der Waals surface area contributed by atoms with Crippen LogP contribution in [0.3, 0.4) is 0 Å². The lowest BCUT2D eigenvalue weighted by atomic mass is 9.87. The second-order valence-corrected chi connectivity index (χ2v) is 6.49. The minimum Gasteiger partial charge on any atom is -0.313 e. The number of hydrogen-bond acceptors (Lipinski definition) is 1. The lowest BCUT2D eigenvalue weighted by molar-refractivity contribution is 0.334. The zero-order valence-electron chi connectivity index (χ0n) is 12.0. The quantitative estimate of drug-likeness (QED) is 0.733. The van der Waals surface area contributed by atoms with Gasteiger partial charge in [-0.3, -0.25) is 0 Å². The molecule has 0 aromatic heterocycles. The lowest BCUT2D eigenvalue weighted by Gasteiger charge is -2.21. The fourth-order valence-electron chi connectivity index (χ4n) is 3.39. The van der Waals surface area contributed by atoms with E-state index in [-0.39, 0.29) is 0 Å². The number of benzene rings is 1. The minimum absolute atomic E-state index is 0.877. The molecule has 2 saturated carbocycles. The van der Waals surface area contributed by atoms with Crippen LogP contribution in [-0.4, -0.2) is 6.54 Å². The third-order valence-corrected chi connectivity index (χ3v) is 4.78. The normalized spacial score (nSPS) is 20.6. The molecule has 0 unspecified atom stereocenters. The molecule has 1 heteroatoms. The average molecular weight is 257 g/mol. The third-order valence-electron chi connectivity index (χ3n) is 4.78. The zero-order chi connectivity index (χ0) is 12.9. The SMILES string of the molecule is c1cc(CNCCC2CCCCC2)cc(C2CC2)c1. The Morgan fingerprint density at radius 2 is 1.84 bits per heavy atom. The minimum atomic E-state index is 0.877. The van der Waals surface area contributed by atoms with Crippen molar-refractivity contribution < 1.29 is 0 Å². The van der Waals surface area contributed by atoms with E-state index in [0.717, 1.165) is 18.4 Å². The van der Waals surface area contributed by atoms with Crippen LogP contribution in [0.25, 0.3) is 0 Å². The molecule has 2 aliphatic rings. The fraction of sp³-hybridized carbons (Fsp3) is 0.667. The molecule has 19 heavy (non-hydrogen) atoms. The Morgan fingerprint density at radius 1 is 1.00 bits per heavy atom. The highest BCUT2D eigenvalue weighted by molar-refractivity contribution is 5.29. The highest BCUT2D eigenvalue weighted by atomic mass is 14.8. The summed E-state index contributed by atoms with van der Waals surface area (Å²) < 4.78 is 0. The molecule has 3 rings (SSSR count). The monoisotopic (exact) mass is 257 g/mol. The first-order valence-electron chi connectivity index (χ1n) is 8.21. The second-order valence-electron chi connectivity index (χ2n) is 6.49. The maximum Gasteiger partial charge on any atom is 0.0205 e. The molecule has 104 valence electrons. The summed E-state index contributed by atoms with van der Waals surface area (Å²) in [5.41, 5.74) is 3.03. The summed E-state index contributed by atoms with van der Waals surface area (Å²) in [4.78, 5) is 0. The van der Waals surface area contributed by atoms with Crippen LogP contribution >= 0.6 is 0 Å². The Balaban J connectivity index is 1.38. The molecule has 0 saturated heterocycles. The van der Waals surface area contributed by atoms with Crippen LogP contribution in [-0.2, 0) is 6.54 Å². The maximum absolute atomic E-state index is 3.64. The molecule has 2 fully saturated rings. The molecule has 0 bridgehead atoms. The van der Waals surface area contributed by atoms with Gasteiger partial charge in [-0.1, -0.05) is 56.4 Å². The Labute approximate surface area is 117 Å².